The Balaban J connectivity index is 2.11. The van der Waals surface area contributed by atoms with E-state index in [9.17, 15) is 19.2 Å². The third kappa shape index (κ3) is 4.31. The lowest BCUT2D eigenvalue weighted by atomic mass is 10.0. The van der Waals surface area contributed by atoms with Crippen LogP contribution in [0.3, 0.4) is 0 Å². The van der Waals surface area contributed by atoms with Gasteiger partial charge in [-0.05, 0) is 12.1 Å². The van der Waals surface area contributed by atoms with Crippen molar-refractivity contribution in [3.05, 3.63) is 35.0 Å². The van der Waals surface area contributed by atoms with Crippen LogP contribution >= 0.6 is 11.6 Å². The number of hydrogen-bond donors (Lipinski definition) is 0. The van der Waals surface area contributed by atoms with E-state index in [1.165, 1.54) is 27.0 Å². The number of benzene rings is 1. The van der Waals surface area contributed by atoms with Gasteiger partial charge in [0.2, 0.25) is 0 Å². The van der Waals surface area contributed by atoms with Crippen LogP contribution in [0.25, 0.3) is 10.9 Å². The molecule has 1 fully saturated rings. The smallest absolute Gasteiger partial charge is 0.303 e. The molecule has 2 heterocycles. The van der Waals surface area contributed by atoms with Crippen molar-refractivity contribution >= 4 is 46.7 Å². The van der Waals surface area contributed by atoms with E-state index in [1.807, 2.05) is 0 Å². The maximum Gasteiger partial charge on any atom is 0.303 e. The maximum absolute atomic E-state index is 11.8. The van der Waals surface area contributed by atoms with Crippen molar-refractivity contribution in [2.45, 2.75) is 45.3 Å². The monoisotopic (exact) mass is 437 g/mol. The van der Waals surface area contributed by atoms with E-state index in [0.717, 1.165) is 0 Å². The average molecular weight is 438 g/mol. The Morgan fingerprint density at radius 2 is 1.70 bits per heavy atom. The van der Waals surface area contributed by atoms with Crippen LogP contribution in [0.4, 0.5) is 0 Å². The SMILES string of the molecule is CC(=O)O[C@@H]1[C@@H](OC(C)=O)[C@H](OC(C)=O)CO[C@H]1n1cc(C=O)c2c(Cl)cccc21. The van der Waals surface area contributed by atoms with Gasteiger partial charge in [-0.25, -0.2) is 0 Å². The second-order valence-corrected chi connectivity index (χ2v) is 7.17. The number of nitrogens with zero attached hydrogens (tertiary/aromatic N) is 1. The van der Waals surface area contributed by atoms with Crippen LogP contribution in [0.2, 0.25) is 5.02 Å². The van der Waals surface area contributed by atoms with Gasteiger partial charge in [0, 0.05) is 37.9 Å². The Hall–Kier alpha value is -2.91. The first-order valence-electron chi connectivity index (χ1n) is 9.10. The van der Waals surface area contributed by atoms with Crippen LogP contribution in [0.1, 0.15) is 37.4 Å². The molecule has 0 aliphatic carbocycles. The van der Waals surface area contributed by atoms with Gasteiger partial charge in [0.15, 0.2) is 30.8 Å². The fraction of sp³-hybridized carbons (Fsp3) is 0.400. The van der Waals surface area contributed by atoms with Gasteiger partial charge in [-0.3, -0.25) is 19.2 Å². The Morgan fingerprint density at radius 3 is 2.30 bits per heavy atom. The maximum atomic E-state index is 11.8. The Kier molecular flexibility index (Phi) is 6.42. The number of fused-ring (bicyclic) bond motifs is 1. The molecule has 0 saturated carbocycles. The van der Waals surface area contributed by atoms with Gasteiger partial charge < -0.3 is 23.5 Å². The second-order valence-electron chi connectivity index (χ2n) is 6.76. The Labute approximate surface area is 176 Å². The quantitative estimate of drug-likeness (QED) is 0.398. The predicted octanol–water partition coefficient (Wildman–Crippen LogP) is 2.43. The summed E-state index contributed by atoms with van der Waals surface area (Å²) in [7, 11) is 0. The Bertz CT molecular complexity index is 1000. The van der Waals surface area contributed by atoms with Gasteiger partial charge in [0.1, 0.15) is 0 Å². The molecule has 1 aromatic heterocycles. The van der Waals surface area contributed by atoms with Crippen molar-refractivity contribution in [1.82, 2.24) is 4.57 Å². The third-order valence-corrected chi connectivity index (χ3v) is 4.88. The summed E-state index contributed by atoms with van der Waals surface area (Å²) < 4.78 is 23.5. The Morgan fingerprint density at radius 1 is 1.07 bits per heavy atom. The van der Waals surface area contributed by atoms with Crippen LogP contribution in [-0.2, 0) is 33.3 Å². The summed E-state index contributed by atoms with van der Waals surface area (Å²) >= 11 is 6.27. The highest BCUT2D eigenvalue weighted by Crippen LogP contribution is 2.36. The summed E-state index contributed by atoms with van der Waals surface area (Å²) in [6.45, 7) is 3.46. The lowest BCUT2D eigenvalue weighted by molar-refractivity contribution is -0.239. The number of rotatable bonds is 5. The molecule has 0 amide bonds. The second kappa shape index (κ2) is 8.85. The lowest BCUT2D eigenvalue weighted by Crippen LogP contribution is -2.55. The van der Waals surface area contributed by atoms with Gasteiger partial charge in [-0.1, -0.05) is 17.7 Å². The summed E-state index contributed by atoms with van der Waals surface area (Å²) in [6.07, 6.45) is -2.06. The number of carbonyl (C=O) groups is 4. The minimum Gasteiger partial charge on any atom is -0.456 e. The van der Waals surface area contributed by atoms with E-state index < -0.39 is 42.4 Å². The molecular formula is C20H20ClNO8. The zero-order valence-electron chi connectivity index (χ0n) is 16.5. The topological polar surface area (TPSA) is 110 Å². The minimum absolute atomic E-state index is 0.128. The number of carbonyl (C=O) groups excluding carboxylic acids is 4. The fourth-order valence-electron chi connectivity index (χ4n) is 3.56. The summed E-state index contributed by atoms with van der Waals surface area (Å²) in [5, 5.41) is 0.869. The first kappa shape index (κ1) is 21.8. The van der Waals surface area contributed by atoms with E-state index in [4.69, 9.17) is 30.5 Å². The molecule has 0 bridgehead atoms. The zero-order chi connectivity index (χ0) is 22.0. The van der Waals surface area contributed by atoms with E-state index in [-0.39, 0.29) is 6.61 Å². The first-order chi connectivity index (χ1) is 14.2. The molecule has 160 valence electrons. The lowest BCUT2D eigenvalue weighted by Gasteiger charge is -2.41. The molecule has 4 atom stereocenters. The molecule has 0 spiro atoms. The molecule has 2 aromatic rings. The number of hydrogen-bond acceptors (Lipinski definition) is 8. The molecule has 9 nitrogen and oxygen atoms in total. The number of aromatic nitrogens is 1. The van der Waals surface area contributed by atoms with Crippen molar-refractivity contribution in [1.29, 1.82) is 0 Å². The molecule has 1 aliphatic heterocycles. The summed E-state index contributed by atoms with van der Waals surface area (Å²) in [5.41, 5.74) is 0.867. The highest BCUT2D eigenvalue weighted by Gasteiger charge is 2.48. The van der Waals surface area contributed by atoms with Crippen molar-refractivity contribution in [2.24, 2.45) is 0 Å². The molecule has 1 aromatic carbocycles. The normalized spacial score (nSPS) is 23.6. The minimum atomic E-state index is -1.15. The molecule has 1 aliphatic rings. The number of esters is 3. The van der Waals surface area contributed by atoms with Crippen LogP contribution in [0, 0.1) is 0 Å². The van der Waals surface area contributed by atoms with Gasteiger partial charge in [0.25, 0.3) is 0 Å². The average Bonchev–Trinajstić information content (AvgIpc) is 3.03. The zero-order valence-corrected chi connectivity index (χ0v) is 17.3. The summed E-state index contributed by atoms with van der Waals surface area (Å²) in [5.74, 6) is -1.91. The molecule has 0 radical (unpaired) electrons. The van der Waals surface area contributed by atoms with Crippen LogP contribution in [-0.4, -0.2) is 53.7 Å². The van der Waals surface area contributed by atoms with E-state index >= 15 is 0 Å². The number of aldehydes is 1. The predicted molar refractivity (Wildman–Crippen MR) is 104 cm³/mol. The van der Waals surface area contributed by atoms with E-state index in [1.54, 1.807) is 22.8 Å². The molecular weight excluding hydrogens is 418 g/mol. The van der Waals surface area contributed by atoms with Gasteiger partial charge in [-0.2, -0.15) is 0 Å². The first-order valence-corrected chi connectivity index (χ1v) is 9.48. The van der Waals surface area contributed by atoms with Gasteiger partial charge in [-0.15, -0.1) is 0 Å². The standard InChI is InChI=1S/C20H20ClNO8/c1-10(24)28-16-9-27-20(19(30-12(3)26)18(16)29-11(2)25)22-7-13(8-23)17-14(21)5-4-6-15(17)22/h4-8,16,18-20H,9H2,1-3H3/t16-,18+,19-,20-/m1/s1. The largest absolute Gasteiger partial charge is 0.456 e. The highest BCUT2D eigenvalue weighted by molar-refractivity contribution is 6.36. The van der Waals surface area contributed by atoms with Crippen molar-refractivity contribution in [3.8, 4) is 0 Å². The van der Waals surface area contributed by atoms with Crippen LogP contribution in [0.5, 0.6) is 0 Å². The summed E-state index contributed by atoms with van der Waals surface area (Å²) in [4.78, 5) is 46.6. The van der Waals surface area contributed by atoms with Crippen LogP contribution in [0.15, 0.2) is 24.4 Å². The molecule has 10 heteroatoms. The molecule has 0 unspecified atom stereocenters. The third-order valence-electron chi connectivity index (χ3n) is 4.56. The van der Waals surface area contributed by atoms with Crippen molar-refractivity contribution in [3.63, 3.8) is 0 Å². The fourth-order valence-corrected chi connectivity index (χ4v) is 3.84. The van der Waals surface area contributed by atoms with E-state index in [0.29, 0.717) is 27.8 Å². The van der Waals surface area contributed by atoms with Crippen molar-refractivity contribution < 1.29 is 38.1 Å². The van der Waals surface area contributed by atoms with Crippen molar-refractivity contribution in [2.75, 3.05) is 6.61 Å². The number of halogens is 1. The van der Waals surface area contributed by atoms with E-state index in [2.05, 4.69) is 0 Å². The molecule has 1 saturated heterocycles. The van der Waals surface area contributed by atoms with Gasteiger partial charge in [0.05, 0.1) is 17.1 Å². The molecule has 30 heavy (non-hydrogen) atoms. The molecule has 0 N–H and O–H groups in total. The van der Waals surface area contributed by atoms with Gasteiger partial charge >= 0.3 is 17.9 Å². The van der Waals surface area contributed by atoms with Crippen LogP contribution < -0.4 is 0 Å². The molecule has 3 rings (SSSR count). The summed E-state index contributed by atoms with van der Waals surface area (Å²) in [6, 6.07) is 5.07. The highest BCUT2D eigenvalue weighted by atomic mass is 35.5. The number of ether oxygens (including phenoxy) is 4.